The second-order valence-electron chi connectivity index (χ2n) is 9.47. The standard InChI is InChI=1S/C30H32ClFN2O2/c31-25-14-9-12-23(18-25)20-29(35)34(21-24-13-7-8-17-27(24)32)28(19-22-10-3-1-4-11-22)30(36)33-26-15-5-2-6-16-26/h1,3-4,7-14,17-18,26,28H,2,5-6,15-16,19-21H2,(H,33,36). The molecular weight excluding hydrogens is 475 g/mol. The molecule has 2 amide bonds. The molecule has 0 heterocycles. The van der Waals surface area contributed by atoms with E-state index in [0.717, 1.165) is 36.8 Å². The van der Waals surface area contributed by atoms with E-state index in [4.69, 9.17) is 11.6 Å². The first-order chi connectivity index (χ1) is 17.5. The zero-order valence-electron chi connectivity index (χ0n) is 20.3. The Morgan fingerprint density at radius 1 is 0.917 bits per heavy atom. The molecular formula is C30H32ClFN2O2. The first-order valence-electron chi connectivity index (χ1n) is 12.6. The van der Waals surface area contributed by atoms with Crippen LogP contribution >= 0.6 is 11.6 Å². The fourth-order valence-corrected chi connectivity index (χ4v) is 5.04. The molecule has 0 saturated heterocycles. The Labute approximate surface area is 217 Å². The first kappa shape index (κ1) is 25.9. The minimum absolute atomic E-state index is 0.00165. The second-order valence-corrected chi connectivity index (χ2v) is 9.91. The van der Waals surface area contributed by atoms with Crippen molar-refractivity contribution < 1.29 is 14.0 Å². The van der Waals surface area contributed by atoms with Crippen molar-refractivity contribution in [1.29, 1.82) is 0 Å². The average Bonchev–Trinajstić information content (AvgIpc) is 2.88. The lowest BCUT2D eigenvalue weighted by molar-refractivity contribution is -0.141. The van der Waals surface area contributed by atoms with Gasteiger partial charge in [-0.1, -0.05) is 91.5 Å². The molecule has 0 aromatic heterocycles. The van der Waals surface area contributed by atoms with Crippen LogP contribution in [0.1, 0.15) is 48.8 Å². The summed E-state index contributed by atoms with van der Waals surface area (Å²) in [6.07, 6.45) is 5.63. The normalized spacial score (nSPS) is 14.7. The number of benzene rings is 3. The summed E-state index contributed by atoms with van der Waals surface area (Å²) in [7, 11) is 0. The molecule has 4 rings (SSSR count). The van der Waals surface area contributed by atoms with Gasteiger partial charge in [0, 0.05) is 29.6 Å². The molecule has 0 radical (unpaired) electrons. The topological polar surface area (TPSA) is 49.4 Å². The van der Waals surface area contributed by atoms with Crippen molar-refractivity contribution in [1.82, 2.24) is 10.2 Å². The lowest BCUT2D eigenvalue weighted by atomic mass is 9.94. The van der Waals surface area contributed by atoms with Gasteiger partial charge in [0.15, 0.2) is 0 Å². The van der Waals surface area contributed by atoms with Crippen molar-refractivity contribution in [2.24, 2.45) is 0 Å². The van der Waals surface area contributed by atoms with E-state index in [1.807, 2.05) is 36.4 Å². The van der Waals surface area contributed by atoms with Crippen LogP contribution in [0, 0.1) is 5.82 Å². The van der Waals surface area contributed by atoms with Gasteiger partial charge in [0.2, 0.25) is 11.8 Å². The molecule has 36 heavy (non-hydrogen) atoms. The van der Waals surface area contributed by atoms with Crippen LogP contribution in [-0.2, 0) is 29.0 Å². The van der Waals surface area contributed by atoms with E-state index in [-0.39, 0.29) is 30.8 Å². The Hall–Kier alpha value is -3.18. The number of rotatable bonds is 9. The lowest BCUT2D eigenvalue weighted by Crippen LogP contribution is -2.53. The predicted molar refractivity (Wildman–Crippen MR) is 141 cm³/mol. The number of hydrogen-bond acceptors (Lipinski definition) is 2. The summed E-state index contributed by atoms with van der Waals surface area (Å²) in [5.74, 6) is -0.842. The smallest absolute Gasteiger partial charge is 0.243 e. The maximum Gasteiger partial charge on any atom is 0.243 e. The van der Waals surface area contributed by atoms with Crippen molar-refractivity contribution in [3.8, 4) is 0 Å². The van der Waals surface area contributed by atoms with Crippen LogP contribution in [0.3, 0.4) is 0 Å². The molecule has 1 saturated carbocycles. The maximum atomic E-state index is 14.7. The van der Waals surface area contributed by atoms with Crippen molar-refractivity contribution in [3.63, 3.8) is 0 Å². The van der Waals surface area contributed by atoms with Crippen LogP contribution in [0.15, 0.2) is 78.9 Å². The molecule has 1 aliphatic rings. The molecule has 3 aromatic rings. The Morgan fingerprint density at radius 3 is 2.33 bits per heavy atom. The van der Waals surface area contributed by atoms with Gasteiger partial charge in [-0.2, -0.15) is 0 Å². The minimum atomic E-state index is -0.777. The zero-order chi connectivity index (χ0) is 25.3. The Balaban J connectivity index is 1.66. The van der Waals surface area contributed by atoms with Gasteiger partial charge in [-0.15, -0.1) is 0 Å². The molecule has 4 nitrogen and oxygen atoms in total. The molecule has 3 aromatic carbocycles. The van der Waals surface area contributed by atoms with Gasteiger partial charge < -0.3 is 10.2 Å². The summed E-state index contributed by atoms with van der Waals surface area (Å²) in [6, 6.07) is 22.5. The Morgan fingerprint density at radius 2 is 1.61 bits per heavy atom. The third kappa shape index (κ3) is 7.17. The van der Waals surface area contributed by atoms with Gasteiger partial charge in [0.05, 0.1) is 6.42 Å². The van der Waals surface area contributed by atoms with E-state index in [2.05, 4.69) is 5.32 Å². The first-order valence-corrected chi connectivity index (χ1v) is 13.0. The monoisotopic (exact) mass is 506 g/mol. The molecule has 188 valence electrons. The van der Waals surface area contributed by atoms with Crippen molar-refractivity contribution >= 4 is 23.4 Å². The van der Waals surface area contributed by atoms with Crippen molar-refractivity contribution in [3.05, 3.63) is 106 Å². The van der Waals surface area contributed by atoms with E-state index in [1.54, 1.807) is 36.4 Å². The van der Waals surface area contributed by atoms with Crippen molar-refractivity contribution in [2.45, 2.75) is 63.6 Å². The van der Waals surface area contributed by atoms with Crippen molar-refractivity contribution in [2.75, 3.05) is 0 Å². The van der Waals surface area contributed by atoms with E-state index in [9.17, 15) is 14.0 Å². The largest absolute Gasteiger partial charge is 0.352 e. The van der Waals surface area contributed by atoms with Gasteiger partial charge in [0.1, 0.15) is 11.9 Å². The van der Waals surface area contributed by atoms with Gasteiger partial charge in [-0.25, -0.2) is 4.39 Å². The number of hydrogen-bond donors (Lipinski definition) is 1. The predicted octanol–water partition coefficient (Wildman–Crippen LogP) is 6.11. The maximum absolute atomic E-state index is 14.7. The fraction of sp³-hybridized carbons (Fsp3) is 0.333. The third-order valence-corrected chi connectivity index (χ3v) is 7.00. The summed E-state index contributed by atoms with van der Waals surface area (Å²) in [5, 5.41) is 3.74. The summed E-state index contributed by atoms with van der Waals surface area (Å²) in [4.78, 5) is 29.0. The Bertz CT molecular complexity index is 1160. The van der Waals surface area contributed by atoms with E-state index in [0.29, 0.717) is 17.0 Å². The lowest BCUT2D eigenvalue weighted by Gasteiger charge is -2.33. The molecule has 0 bridgehead atoms. The zero-order valence-corrected chi connectivity index (χ0v) is 21.1. The van der Waals surface area contributed by atoms with Gasteiger partial charge in [0.25, 0.3) is 0 Å². The van der Waals surface area contributed by atoms with Crippen LogP contribution in [0.2, 0.25) is 5.02 Å². The van der Waals surface area contributed by atoms with Crippen LogP contribution in [-0.4, -0.2) is 28.8 Å². The highest BCUT2D eigenvalue weighted by molar-refractivity contribution is 6.30. The highest BCUT2D eigenvalue weighted by Crippen LogP contribution is 2.21. The van der Waals surface area contributed by atoms with E-state index in [1.165, 1.54) is 17.4 Å². The molecule has 1 unspecified atom stereocenters. The molecule has 0 aliphatic heterocycles. The summed E-state index contributed by atoms with van der Waals surface area (Å²) in [6.45, 7) is 0.00165. The minimum Gasteiger partial charge on any atom is -0.352 e. The average molecular weight is 507 g/mol. The van der Waals surface area contributed by atoms with Crippen LogP contribution in [0.4, 0.5) is 4.39 Å². The van der Waals surface area contributed by atoms with Crippen LogP contribution in [0.25, 0.3) is 0 Å². The van der Waals surface area contributed by atoms with E-state index >= 15 is 0 Å². The van der Waals surface area contributed by atoms with Crippen LogP contribution in [0.5, 0.6) is 0 Å². The number of nitrogens with zero attached hydrogens (tertiary/aromatic N) is 1. The number of amides is 2. The summed E-state index contributed by atoms with van der Waals surface area (Å²) >= 11 is 6.15. The molecule has 6 heteroatoms. The SMILES string of the molecule is O=C(NC1CCCCC1)C(Cc1ccccc1)N(Cc1ccccc1F)C(=O)Cc1cccc(Cl)c1. The fourth-order valence-electron chi connectivity index (χ4n) is 4.83. The number of carbonyl (C=O) groups is 2. The van der Waals surface area contributed by atoms with Gasteiger partial charge in [-0.3, -0.25) is 9.59 Å². The summed E-state index contributed by atoms with van der Waals surface area (Å²) in [5.41, 5.74) is 2.06. The van der Waals surface area contributed by atoms with Crippen LogP contribution < -0.4 is 5.32 Å². The molecule has 1 fully saturated rings. The molecule has 0 spiro atoms. The molecule has 1 aliphatic carbocycles. The van der Waals surface area contributed by atoms with Gasteiger partial charge in [-0.05, 0) is 42.2 Å². The number of carbonyl (C=O) groups excluding carboxylic acids is 2. The molecule has 1 N–H and O–H groups in total. The molecule has 1 atom stereocenters. The quantitative estimate of drug-likeness (QED) is 0.380. The second kappa shape index (κ2) is 12.7. The summed E-state index contributed by atoms with van der Waals surface area (Å²) < 4.78 is 14.7. The number of halogens is 2. The van der Waals surface area contributed by atoms with E-state index < -0.39 is 11.9 Å². The highest BCUT2D eigenvalue weighted by Gasteiger charge is 2.32. The Kier molecular flexibility index (Phi) is 9.12. The third-order valence-electron chi connectivity index (χ3n) is 6.77. The highest BCUT2D eigenvalue weighted by atomic mass is 35.5. The van der Waals surface area contributed by atoms with Gasteiger partial charge >= 0.3 is 0 Å². The number of nitrogens with one attached hydrogen (secondary N) is 1.